The summed E-state index contributed by atoms with van der Waals surface area (Å²) in [5.74, 6) is 0.817. The quantitative estimate of drug-likeness (QED) is 0.195. The molecule has 0 saturated heterocycles. The second-order valence-corrected chi connectivity index (χ2v) is 14.2. The number of hydrogen-bond donors (Lipinski definition) is 2. The molecule has 0 bridgehead atoms. The average molecular weight is 676 g/mol. The summed E-state index contributed by atoms with van der Waals surface area (Å²) in [5.41, 5.74) is 9.02. The van der Waals surface area contributed by atoms with Gasteiger partial charge in [-0.3, -0.25) is 5.32 Å². The second-order valence-electron chi connectivity index (χ2n) is 13.2. The molecule has 10 aromatic rings. The van der Waals surface area contributed by atoms with Crippen molar-refractivity contribution < 1.29 is 8.83 Å². The molecular formula is C45H29N3O2S. The van der Waals surface area contributed by atoms with E-state index >= 15 is 0 Å². The van der Waals surface area contributed by atoms with Crippen molar-refractivity contribution in [2.24, 2.45) is 4.99 Å². The zero-order valence-corrected chi connectivity index (χ0v) is 28.1. The summed E-state index contributed by atoms with van der Waals surface area (Å²) < 4.78 is 15.4. The molecule has 11 rings (SSSR count). The van der Waals surface area contributed by atoms with Crippen LogP contribution >= 0.6 is 11.3 Å². The second kappa shape index (κ2) is 11.2. The first-order valence-electron chi connectivity index (χ1n) is 17.2. The molecule has 0 aliphatic carbocycles. The monoisotopic (exact) mass is 675 g/mol. The van der Waals surface area contributed by atoms with E-state index in [1.807, 2.05) is 35.6 Å². The minimum Gasteiger partial charge on any atom is -0.456 e. The fourth-order valence-corrected chi connectivity index (χ4v) is 8.99. The van der Waals surface area contributed by atoms with Crippen molar-refractivity contribution >= 4 is 81.2 Å². The smallest absolute Gasteiger partial charge is 0.136 e. The van der Waals surface area contributed by atoms with Crippen molar-refractivity contribution in [3.8, 4) is 11.1 Å². The molecule has 1 aliphatic rings. The van der Waals surface area contributed by atoms with Gasteiger partial charge in [0, 0.05) is 52.8 Å². The van der Waals surface area contributed by atoms with Crippen LogP contribution in [0, 0.1) is 0 Å². The summed E-state index contributed by atoms with van der Waals surface area (Å²) in [5, 5.41) is 14.4. The Bertz CT molecular complexity index is 3010. The number of nitrogens with zero attached hydrogens (tertiary/aromatic N) is 1. The molecular weight excluding hydrogens is 647 g/mol. The summed E-state index contributed by atoms with van der Waals surface area (Å²) >= 11 is 1.85. The molecule has 2 N–H and O–H groups in total. The van der Waals surface area contributed by atoms with E-state index in [2.05, 4.69) is 138 Å². The number of fused-ring (bicyclic) bond motifs is 9. The molecule has 0 amide bonds. The van der Waals surface area contributed by atoms with Gasteiger partial charge in [-0.25, -0.2) is 4.99 Å². The van der Waals surface area contributed by atoms with Gasteiger partial charge in [0.1, 0.15) is 40.5 Å². The molecule has 5 nitrogen and oxygen atoms in total. The number of furan rings is 2. The summed E-state index contributed by atoms with van der Waals surface area (Å²) in [6, 6.07) is 53.2. The molecule has 1 aliphatic heterocycles. The molecule has 51 heavy (non-hydrogen) atoms. The van der Waals surface area contributed by atoms with Crippen molar-refractivity contribution in [1.82, 2.24) is 10.6 Å². The van der Waals surface area contributed by atoms with Gasteiger partial charge in [0.2, 0.25) is 0 Å². The number of hydrogen-bond acceptors (Lipinski definition) is 6. The zero-order valence-electron chi connectivity index (χ0n) is 27.3. The Balaban J connectivity index is 1.07. The van der Waals surface area contributed by atoms with Crippen LogP contribution in [0.25, 0.3) is 75.2 Å². The van der Waals surface area contributed by atoms with E-state index in [0.717, 1.165) is 66.4 Å². The van der Waals surface area contributed by atoms with Crippen LogP contribution in [-0.2, 0) is 0 Å². The lowest BCUT2D eigenvalue weighted by atomic mass is 9.97. The average Bonchev–Trinajstić information content (AvgIpc) is 3.88. The van der Waals surface area contributed by atoms with Gasteiger partial charge < -0.3 is 14.2 Å². The highest BCUT2D eigenvalue weighted by Crippen LogP contribution is 2.44. The number of amidine groups is 1. The Morgan fingerprint density at radius 1 is 0.510 bits per heavy atom. The van der Waals surface area contributed by atoms with Crippen LogP contribution in [0.15, 0.2) is 165 Å². The Morgan fingerprint density at radius 3 is 2.18 bits per heavy atom. The Labute approximate surface area is 296 Å². The number of benzene rings is 7. The van der Waals surface area contributed by atoms with Crippen LogP contribution in [-0.4, -0.2) is 5.84 Å². The minimum atomic E-state index is -0.304. The van der Waals surface area contributed by atoms with Gasteiger partial charge in [0.15, 0.2) is 0 Å². The fourth-order valence-electron chi connectivity index (χ4n) is 7.76. The van der Waals surface area contributed by atoms with Gasteiger partial charge in [-0.2, -0.15) is 0 Å². The fraction of sp³-hybridized carbons (Fsp3) is 0.0444. The standard InChI is InChI=1S/C45H29N3O2S/c1-2-10-26(11-3-1)43-46-44(48-45(47-43)28-20-22-30-29-12-4-6-17-36(29)50-39(30)25-28)27-21-23-37-35(24-27)41-32(14-9-18-38(41)49-37)34-16-8-15-33-31-13-5-7-19-40(31)51-42(33)34/h1-25,43,45,47H,(H,46,48). The lowest BCUT2D eigenvalue weighted by molar-refractivity contribution is 0.409. The SMILES string of the molecule is c1ccc(C2NC(c3ccc4oc5cccc(-c6cccc7c6sc6ccccc67)c5c4c3)=NC(c3ccc4c(c3)oc3ccccc34)N2)cc1. The molecule has 0 radical (unpaired) electrons. The van der Waals surface area contributed by atoms with Gasteiger partial charge in [-0.1, -0.05) is 109 Å². The molecule has 2 atom stereocenters. The topological polar surface area (TPSA) is 62.7 Å². The van der Waals surface area contributed by atoms with E-state index in [0.29, 0.717) is 0 Å². The Morgan fingerprint density at radius 2 is 1.24 bits per heavy atom. The van der Waals surface area contributed by atoms with E-state index in [9.17, 15) is 0 Å². The van der Waals surface area contributed by atoms with Crippen molar-refractivity contribution in [2.75, 3.05) is 0 Å². The first kappa shape index (κ1) is 28.6. The number of rotatable bonds is 4. The minimum absolute atomic E-state index is 0.159. The highest BCUT2D eigenvalue weighted by molar-refractivity contribution is 7.26. The lowest BCUT2D eigenvalue weighted by Gasteiger charge is -2.32. The Kier molecular flexibility index (Phi) is 6.26. The molecule has 4 heterocycles. The van der Waals surface area contributed by atoms with Crippen LogP contribution in [0.1, 0.15) is 29.0 Å². The van der Waals surface area contributed by atoms with Gasteiger partial charge in [0.25, 0.3) is 0 Å². The largest absolute Gasteiger partial charge is 0.456 e. The molecule has 7 aromatic carbocycles. The highest BCUT2D eigenvalue weighted by Gasteiger charge is 2.27. The predicted molar refractivity (Wildman–Crippen MR) is 210 cm³/mol. The molecule has 3 aromatic heterocycles. The van der Waals surface area contributed by atoms with Crippen LogP contribution < -0.4 is 10.6 Å². The first-order chi connectivity index (χ1) is 25.2. The van der Waals surface area contributed by atoms with E-state index in [1.54, 1.807) is 0 Å². The molecule has 0 spiro atoms. The van der Waals surface area contributed by atoms with E-state index in [1.165, 1.54) is 31.3 Å². The number of nitrogens with one attached hydrogen (secondary N) is 2. The maximum absolute atomic E-state index is 6.49. The van der Waals surface area contributed by atoms with E-state index < -0.39 is 0 Å². The van der Waals surface area contributed by atoms with E-state index in [4.69, 9.17) is 13.8 Å². The summed E-state index contributed by atoms with van der Waals surface area (Å²) in [6.45, 7) is 0. The highest BCUT2D eigenvalue weighted by atomic mass is 32.1. The zero-order chi connectivity index (χ0) is 33.5. The maximum atomic E-state index is 6.49. The van der Waals surface area contributed by atoms with Gasteiger partial charge in [0.05, 0.1) is 0 Å². The van der Waals surface area contributed by atoms with Crippen LogP contribution in [0.2, 0.25) is 0 Å². The maximum Gasteiger partial charge on any atom is 0.136 e. The van der Waals surface area contributed by atoms with Gasteiger partial charge in [-0.15, -0.1) is 11.3 Å². The van der Waals surface area contributed by atoms with Gasteiger partial charge >= 0.3 is 0 Å². The van der Waals surface area contributed by atoms with Crippen molar-refractivity contribution in [2.45, 2.75) is 12.3 Å². The van der Waals surface area contributed by atoms with Crippen molar-refractivity contribution in [3.05, 3.63) is 168 Å². The molecule has 0 saturated carbocycles. The number of thiophene rings is 1. The van der Waals surface area contributed by atoms with Crippen LogP contribution in [0.5, 0.6) is 0 Å². The van der Waals surface area contributed by atoms with Crippen molar-refractivity contribution in [1.29, 1.82) is 0 Å². The predicted octanol–water partition coefficient (Wildman–Crippen LogP) is 11.9. The van der Waals surface area contributed by atoms with Crippen molar-refractivity contribution in [3.63, 3.8) is 0 Å². The molecule has 6 heteroatoms. The summed E-state index contributed by atoms with van der Waals surface area (Å²) in [6.07, 6.45) is -0.463. The third kappa shape index (κ3) is 4.54. The molecule has 242 valence electrons. The number of para-hydroxylation sites is 1. The van der Waals surface area contributed by atoms with Crippen LogP contribution in [0.4, 0.5) is 0 Å². The first-order valence-corrected chi connectivity index (χ1v) is 18.0. The van der Waals surface area contributed by atoms with Crippen LogP contribution in [0.3, 0.4) is 0 Å². The molecule has 2 unspecified atom stereocenters. The van der Waals surface area contributed by atoms with Gasteiger partial charge in [-0.05, 0) is 59.2 Å². The van der Waals surface area contributed by atoms with E-state index in [-0.39, 0.29) is 12.3 Å². The third-order valence-corrected chi connectivity index (χ3v) is 11.4. The lowest BCUT2D eigenvalue weighted by Crippen LogP contribution is -2.44. The number of aliphatic imine (C=N–C) groups is 1. The molecule has 0 fully saturated rings. The summed E-state index contributed by atoms with van der Waals surface area (Å²) in [7, 11) is 0. The summed E-state index contributed by atoms with van der Waals surface area (Å²) in [4.78, 5) is 5.30. The Hall–Kier alpha value is -6.21. The normalized spacial score (nSPS) is 16.4. The third-order valence-electron chi connectivity index (χ3n) is 10.2.